The summed E-state index contributed by atoms with van der Waals surface area (Å²) in [6, 6.07) is 11.2. The minimum absolute atomic E-state index is 0.0183. The third-order valence-electron chi connectivity index (χ3n) is 2.65. The van der Waals surface area contributed by atoms with Crippen molar-refractivity contribution in [2.75, 3.05) is 0 Å². The summed E-state index contributed by atoms with van der Waals surface area (Å²) >= 11 is 5.66. The molecule has 0 bridgehead atoms. The third-order valence-corrected chi connectivity index (χ3v) is 2.94. The second-order valence-electron chi connectivity index (χ2n) is 4.05. The number of nitrogens with zero attached hydrogens (tertiary/aromatic N) is 1. The highest BCUT2D eigenvalue weighted by molar-refractivity contribution is 6.30. The fourth-order valence-electron chi connectivity index (χ4n) is 1.56. The minimum Gasteiger partial charge on any atom is -0.489 e. The molecule has 20 heavy (non-hydrogen) atoms. The lowest BCUT2D eigenvalue weighted by atomic mass is 10.1. The minimum atomic E-state index is -0.484. The molecule has 2 rings (SSSR count). The van der Waals surface area contributed by atoms with Gasteiger partial charge in [0, 0.05) is 11.6 Å². The summed E-state index contributed by atoms with van der Waals surface area (Å²) < 4.78 is 18.5. The predicted octanol–water partition coefficient (Wildman–Crippen LogP) is 3.15. The molecule has 0 atom stereocenters. The molecular formula is C14H12ClFN2O2. The normalized spacial score (nSPS) is 11.4. The molecule has 6 heteroatoms. The molecular weight excluding hydrogens is 283 g/mol. The van der Waals surface area contributed by atoms with Crippen LogP contribution in [0.1, 0.15) is 11.1 Å². The number of nitrogens with two attached hydrogens (primary N) is 1. The Labute approximate surface area is 120 Å². The number of oxime groups is 1. The van der Waals surface area contributed by atoms with Crippen molar-refractivity contribution in [3.05, 3.63) is 64.4 Å². The average molecular weight is 295 g/mol. The monoisotopic (exact) mass is 294 g/mol. The van der Waals surface area contributed by atoms with Crippen molar-refractivity contribution in [3.8, 4) is 5.75 Å². The van der Waals surface area contributed by atoms with E-state index in [0.29, 0.717) is 17.9 Å². The Hall–Kier alpha value is -2.27. The van der Waals surface area contributed by atoms with Crippen LogP contribution in [-0.4, -0.2) is 11.0 Å². The van der Waals surface area contributed by atoms with E-state index in [2.05, 4.69) is 5.16 Å². The summed E-state index contributed by atoms with van der Waals surface area (Å²) in [5, 5.41) is 11.5. The predicted molar refractivity (Wildman–Crippen MR) is 74.7 cm³/mol. The van der Waals surface area contributed by atoms with Gasteiger partial charge in [-0.05, 0) is 17.7 Å². The van der Waals surface area contributed by atoms with Gasteiger partial charge in [0.2, 0.25) is 0 Å². The summed E-state index contributed by atoms with van der Waals surface area (Å²) in [5.74, 6) is 0.0434. The van der Waals surface area contributed by atoms with E-state index >= 15 is 0 Å². The number of halogens is 2. The zero-order valence-corrected chi connectivity index (χ0v) is 11.1. The Morgan fingerprint density at radius 1 is 1.25 bits per heavy atom. The van der Waals surface area contributed by atoms with Crippen molar-refractivity contribution in [3.63, 3.8) is 0 Å². The van der Waals surface area contributed by atoms with Gasteiger partial charge in [-0.1, -0.05) is 41.0 Å². The average Bonchev–Trinajstić information content (AvgIpc) is 2.48. The largest absolute Gasteiger partial charge is 0.489 e. The highest BCUT2D eigenvalue weighted by Gasteiger charge is 2.03. The SMILES string of the molecule is NC(=NO)c1ccc(COc2ccc(F)c(Cl)c2)cc1. The number of rotatable bonds is 4. The molecule has 0 amide bonds. The van der Waals surface area contributed by atoms with Crippen molar-refractivity contribution in [1.29, 1.82) is 0 Å². The number of ether oxygens (including phenoxy) is 1. The van der Waals surface area contributed by atoms with Crippen LogP contribution in [-0.2, 0) is 6.61 Å². The highest BCUT2D eigenvalue weighted by atomic mass is 35.5. The van der Waals surface area contributed by atoms with E-state index in [1.165, 1.54) is 18.2 Å². The Bertz CT molecular complexity index is 630. The molecule has 104 valence electrons. The summed E-state index contributed by atoms with van der Waals surface area (Å²) in [6.45, 7) is 0.304. The van der Waals surface area contributed by atoms with E-state index in [9.17, 15) is 4.39 Å². The molecule has 0 saturated heterocycles. The second kappa shape index (κ2) is 6.25. The molecule has 0 aliphatic carbocycles. The van der Waals surface area contributed by atoms with Gasteiger partial charge in [-0.25, -0.2) is 4.39 Å². The van der Waals surface area contributed by atoms with E-state index in [1.807, 2.05) is 0 Å². The van der Waals surface area contributed by atoms with Gasteiger partial charge >= 0.3 is 0 Å². The van der Waals surface area contributed by atoms with E-state index in [1.54, 1.807) is 24.3 Å². The number of hydrogen-bond donors (Lipinski definition) is 2. The number of hydrogen-bond acceptors (Lipinski definition) is 3. The highest BCUT2D eigenvalue weighted by Crippen LogP contribution is 2.21. The number of amidine groups is 1. The van der Waals surface area contributed by atoms with Gasteiger partial charge in [-0.15, -0.1) is 0 Å². The van der Waals surface area contributed by atoms with Crippen LogP contribution < -0.4 is 10.5 Å². The van der Waals surface area contributed by atoms with E-state index in [4.69, 9.17) is 27.3 Å². The molecule has 3 N–H and O–H groups in total. The first-order chi connectivity index (χ1) is 9.60. The molecule has 0 radical (unpaired) electrons. The van der Waals surface area contributed by atoms with Crippen LogP contribution >= 0.6 is 11.6 Å². The van der Waals surface area contributed by atoms with Gasteiger partial charge in [-0.2, -0.15) is 0 Å². The van der Waals surface area contributed by atoms with E-state index < -0.39 is 5.82 Å². The van der Waals surface area contributed by atoms with Crippen LogP contribution in [0, 0.1) is 5.82 Å². The first-order valence-electron chi connectivity index (χ1n) is 5.75. The van der Waals surface area contributed by atoms with Gasteiger partial charge in [0.25, 0.3) is 0 Å². The second-order valence-corrected chi connectivity index (χ2v) is 4.45. The zero-order chi connectivity index (χ0) is 14.5. The topological polar surface area (TPSA) is 67.8 Å². The zero-order valence-electron chi connectivity index (χ0n) is 10.4. The summed E-state index contributed by atoms with van der Waals surface area (Å²) in [6.07, 6.45) is 0. The lowest BCUT2D eigenvalue weighted by Crippen LogP contribution is -2.12. The summed E-state index contributed by atoms with van der Waals surface area (Å²) in [7, 11) is 0. The van der Waals surface area contributed by atoms with Gasteiger partial charge < -0.3 is 15.7 Å². The Kier molecular flexibility index (Phi) is 4.42. The summed E-state index contributed by atoms with van der Waals surface area (Å²) in [4.78, 5) is 0. The fourth-order valence-corrected chi connectivity index (χ4v) is 1.73. The lowest BCUT2D eigenvalue weighted by molar-refractivity contribution is 0.306. The van der Waals surface area contributed by atoms with Crippen LogP contribution in [0.3, 0.4) is 0 Å². The van der Waals surface area contributed by atoms with Crippen LogP contribution in [0.5, 0.6) is 5.75 Å². The molecule has 0 spiro atoms. The van der Waals surface area contributed by atoms with E-state index in [-0.39, 0.29) is 10.9 Å². The molecule has 0 unspecified atom stereocenters. The molecule has 2 aromatic rings. The van der Waals surface area contributed by atoms with Gasteiger partial charge in [0.1, 0.15) is 18.2 Å². The Morgan fingerprint density at radius 3 is 2.55 bits per heavy atom. The molecule has 0 heterocycles. The Morgan fingerprint density at radius 2 is 1.95 bits per heavy atom. The molecule has 0 aliphatic heterocycles. The fraction of sp³-hybridized carbons (Fsp3) is 0.0714. The van der Waals surface area contributed by atoms with Crippen LogP contribution in [0.2, 0.25) is 5.02 Å². The first-order valence-corrected chi connectivity index (χ1v) is 6.12. The molecule has 4 nitrogen and oxygen atoms in total. The molecule has 0 aromatic heterocycles. The number of benzene rings is 2. The maximum atomic E-state index is 13.0. The molecule has 2 aromatic carbocycles. The van der Waals surface area contributed by atoms with Crippen LogP contribution in [0.15, 0.2) is 47.6 Å². The summed E-state index contributed by atoms with van der Waals surface area (Å²) in [5.41, 5.74) is 6.96. The molecule has 0 aliphatic rings. The van der Waals surface area contributed by atoms with Crippen molar-refractivity contribution >= 4 is 17.4 Å². The van der Waals surface area contributed by atoms with Gasteiger partial charge in [0.05, 0.1) is 5.02 Å². The van der Waals surface area contributed by atoms with Crippen LogP contribution in [0.4, 0.5) is 4.39 Å². The maximum absolute atomic E-state index is 13.0. The van der Waals surface area contributed by atoms with Gasteiger partial charge in [-0.3, -0.25) is 0 Å². The first kappa shape index (κ1) is 14.1. The van der Waals surface area contributed by atoms with Gasteiger partial charge in [0.15, 0.2) is 5.84 Å². The quantitative estimate of drug-likeness (QED) is 0.394. The van der Waals surface area contributed by atoms with Crippen LogP contribution in [0.25, 0.3) is 0 Å². The molecule has 0 fully saturated rings. The van der Waals surface area contributed by atoms with Crippen molar-refractivity contribution in [2.24, 2.45) is 10.9 Å². The van der Waals surface area contributed by atoms with Crippen molar-refractivity contribution in [2.45, 2.75) is 6.61 Å². The Balaban J connectivity index is 2.02. The van der Waals surface area contributed by atoms with Crippen molar-refractivity contribution in [1.82, 2.24) is 0 Å². The maximum Gasteiger partial charge on any atom is 0.170 e. The van der Waals surface area contributed by atoms with E-state index in [0.717, 1.165) is 5.56 Å². The standard InChI is InChI=1S/C14H12ClFN2O2/c15-12-7-11(5-6-13(12)16)20-8-9-1-3-10(4-2-9)14(17)18-19/h1-7,19H,8H2,(H2,17,18). The smallest absolute Gasteiger partial charge is 0.170 e. The lowest BCUT2D eigenvalue weighted by Gasteiger charge is -2.07. The van der Waals surface area contributed by atoms with Crippen molar-refractivity contribution < 1.29 is 14.3 Å². The third kappa shape index (κ3) is 3.39. The molecule has 0 saturated carbocycles.